The van der Waals surface area contributed by atoms with Crippen molar-refractivity contribution in [3.8, 4) is 0 Å². The van der Waals surface area contributed by atoms with Crippen LogP contribution in [-0.2, 0) is 10.3 Å². The van der Waals surface area contributed by atoms with Gasteiger partial charge in [0.15, 0.2) is 11.6 Å². The Balaban J connectivity index is 1.55. The van der Waals surface area contributed by atoms with Crippen molar-refractivity contribution in [1.82, 2.24) is 9.80 Å². The Morgan fingerprint density at radius 1 is 0.789 bits per heavy atom. The number of benzene rings is 4. The Labute approximate surface area is 223 Å². The number of Topliss-reactive ketones (excluding diaryl/α,β-unsaturated/α-hetero) is 2. The molecule has 0 bridgehead atoms. The Morgan fingerprint density at radius 2 is 1.47 bits per heavy atom. The number of fused-ring (bicyclic) bond motifs is 2. The summed E-state index contributed by atoms with van der Waals surface area (Å²) in [7, 11) is 4.12. The average molecular weight is 499 g/mol. The largest absolute Gasteiger partial charge is 0.301 e. The summed E-state index contributed by atoms with van der Waals surface area (Å²) in [5.41, 5.74) is 2.50. The van der Waals surface area contributed by atoms with Crippen molar-refractivity contribution in [3.63, 3.8) is 0 Å². The van der Waals surface area contributed by atoms with Crippen LogP contribution in [0.2, 0.25) is 0 Å². The smallest absolute Gasteiger partial charge is 0.189 e. The molecule has 4 heteroatoms. The first-order chi connectivity index (χ1) is 18.5. The second-order valence-corrected chi connectivity index (χ2v) is 11.1. The minimum atomic E-state index is -1.09. The van der Waals surface area contributed by atoms with Gasteiger partial charge in [-0.25, -0.2) is 0 Å². The van der Waals surface area contributed by atoms with Gasteiger partial charge in [-0.3, -0.25) is 14.5 Å². The quantitative estimate of drug-likeness (QED) is 0.340. The lowest BCUT2D eigenvalue weighted by atomic mass is 9.55. The van der Waals surface area contributed by atoms with Crippen LogP contribution in [0.3, 0.4) is 0 Å². The van der Waals surface area contributed by atoms with Gasteiger partial charge in [-0.2, -0.15) is 0 Å². The van der Waals surface area contributed by atoms with Gasteiger partial charge in [-0.05, 0) is 47.6 Å². The highest BCUT2D eigenvalue weighted by atomic mass is 16.1. The fourth-order valence-electron chi connectivity index (χ4n) is 7.82. The van der Waals surface area contributed by atoms with Gasteiger partial charge < -0.3 is 4.90 Å². The van der Waals surface area contributed by atoms with Crippen LogP contribution in [-0.4, -0.2) is 55.1 Å². The first-order valence-corrected chi connectivity index (χ1v) is 13.3. The normalized spacial score (nSPS) is 28.4. The summed E-state index contributed by atoms with van der Waals surface area (Å²) in [6, 6.07) is 32.5. The average Bonchev–Trinajstić information content (AvgIpc) is 3.35. The highest BCUT2D eigenvalue weighted by Gasteiger charge is 2.74. The van der Waals surface area contributed by atoms with E-state index in [4.69, 9.17) is 0 Å². The lowest BCUT2D eigenvalue weighted by Gasteiger charge is -2.51. The molecule has 4 aromatic carbocycles. The molecule has 0 radical (unpaired) electrons. The van der Waals surface area contributed by atoms with E-state index >= 15 is 4.79 Å². The van der Waals surface area contributed by atoms with Crippen LogP contribution >= 0.6 is 0 Å². The van der Waals surface area contributed by atoms with Crippen molar-refractivity contribution in [3.05, 3.63) is 125 Å². The van der Waals surface area contributed by atoms with Crippen LogP contribution in [0.5, 0.6) is 0 Å². The summed E-state index contributed by atoms with van der Waals surface area (Å²) >= 11 is 0. The molecule has 7 rings (SSSR count). The van der Waals surface area contributed by atoms with E-state index in [2.05, 4.69) is 47.2 Å². The van der Waals surface area contributed by atoms with Crippen molar-refractivity contribution < 1.29 is 9.59 Å². The first-order valence-electron chi connectivity index (χ1n) is 13.3. The fourth-order valence-corrected chi connectivity index (χ4v) is 7.82. The van der Waals surface area contributed by atoms with Crippen LogP contribution in [0.4, 0.5) is 0 Å². The molecule has 2 aliphatic heterocycles. The fraction of sp³-hybridized carbons (Fsp3) is 0.235. The Kier molecular flexibility index (Phi) is 5.10. The molecule has 188 valence electrons. The van der Waals surface area contributed by atoms with Gasteiger partial charge in [0.25, 0.3) is 0 Å². The molecule has 2 saturated heterocycles. The van der Waals surface area contributed by atoms with Crippen molar-refractivity contribution in [1.29, 1.82) is 0 Å². The number of likely N-dealkylation sites (tertiary alicyclic amines) is 2. The van der Waals surface area contributed by atoms with Gasteiger partial charge in [-0.15, -0.1) is 0 Å². The summed E-state index contributed by atoms with van der Waals surface area (Å²) in [4.78, 5) is 34.4. The number of ketones is 2. The zero-order valence-corrected chi connectivity index (χ0v) is 21.7. The summed E-state index contributed by atoms with van der Waals surface area (Å²) in [5, 5.41) is 2.04. The predicted octanol–water partition coefficient (Wildman–Crippen LogP) is 5.55. The zero-order valence-electron chi connectivity index (χ0n) is 21.7. The van der Waals surface area contributed by atoms with Crippen molar-refractivity contribution in [2.75, 3.05) is 33.7 Å². The highest BCUT2D eigenvalue weighted by Crippen LogP contribution is 2.65. The van der Waals surface area contributed by atoms with E-state index in [9.17, 15) is 4.79 Å². The van der Waals surface area contributed by atoms with Gasteiger partial charge in [0.05, 0.1) is 5.41 Å². The van der Waals surface area contributed by atoms with E-state index in [0.29, 0.717) is 19.6 Å². The summed E-state index contributed by atoms with van der Waals surface area (Å²) in [6.07, 6.45) is 2.03. The van der Waals surface area contributed by atoms with Gasteiger partial charge >= 0.3 is 0 Å². The SMILES string of the molecule is CN1C/C(=C\c2ccccc2)C(=O)[C@]2(C1)[C@@H](c1ccccc1)CN(C)[C@@]21C(=O)c2cccc3cccc1c23. The molecule has 0 saturated carbocycles. The standard InChI is InChI=1S/C34H30N2O2/c1-35-20-26(19-23-11-5-3-6-12-23)31(37)33(22-35)29(24-13-7-4-8-14-24)21-36(2)34(33)28-18-10-16-25-15-9-17-27(30(25)28)32(34)38/h3-19,29H,20-22H2,1-2H3/b26-19+/t29-,33+,34+/m1/s1. The number of rotatable bonds is 2. The third-order valence-electron chi connectivity index (χ3n) is 9.14. The van der Waals surface area contributed by atoms with E-state index in [1.807, 2.05) is 79.9 Å². The molecule has 2 fully saturated rings. The lowest BCUT2D eigenvalue weighted by molar-refractivity contribution is -0.134. The molecule has 2 heterocycles. The van der Waals surface area contributed by atoms with Crippen molar-refractivity contribution >= 4 is 28.4 Å². The summed E-state index contributed by atoms with van der Waals surface area (Å²) in [5.74, 6) is 0.000370. The minimum Gasteiger partial charge on any atom is -0.301 e. The van der Waals surface area contributed by atoms with E-state index in [-0.39, 0.29) is 17.5 Å². The van der Waals surface area contributed by atoms with E-state index < -0.39 is 11.0 Å². The Morgan fingerprint density at radius 3 is 2.21 bits per heavy atom. The van der Waals surface area contributed by atoms with Crippen LogP contribution in [0, 0.1) is 5.41 Å². The van der Waals surface area contributed by atoms with Gasteiger partial charge in [-0.1, -0.05) is 97.1 Å². The maximum atomic E-state index is 15.1. The summed E-state index contributed by atoms with van der Waals surface area (Å²) < 4.78 is 0. The van der Waals surface area contributed by atoms with Crippen LogP contribution < -0.4 is 0 Å². The first kappa shape index (κ1) is 23.3. The monoisotopic (exact) mass is 498 g/mol. The van der Waals surface area contributed by atoms with E-state index in [1.54, 1.807) is 0 Å². The molecular weight excluding hydrogens is 468 g/mol. The number of piperidine rings is 1. The number of carbonyl (C=O) groups is 2. The molecule has 0 amide bonds. The van der Waals surface area contributed by atoms with Crippen molar-refractivity contribution in [2.24, 2.45) is 5.41 Å². The van der Waals surface area contributed by atoms with Gasteiger partial charge in [0, 0.05) is 36.7 Å². The molecule has 4 nitrogen and oxygen atoms in total. The van der Waals surface area contributed by atoms with Gasteiger partial charge in [0.2, 0.25) is 0 Å². The zero-order chi connectivity index (χ0) is 26.1. The highest BCUT2D eigenvalue weighted by molar-refractivity contribution is 6.24. The van der Waals surface area contributed by atoms with E-state index in [0.717, 1.165) is 38.6 Å². The van der Waals surface area contributed by atoms with E-state index in [1.165, 1.54) is 0 Å². The summed E-state index contributed by atoms with van der Waals surface area (Å²) in [6.45, 7) is 1.69. The second-order valence-electron chi connectivity index (χ2n) is 11.1. The Hall–Kier alpha value is -3.86. The maximum absolute atomic E-state index is 15.1. The number of nitrogens with zero attached hydrogens (tertiary/aromatic N) is 2. The molecular formula is C34H30N2O2. The van der Waals surface area contributed by atoms with Crippen LogP contribution in [0.1, 0.15) is 33.0 Å². The third kappa shape index (κ3) is 2.87. The third-order valence-corrected chi connectivity index (χ3v) is 9.14. The minimum absolute atomic E-state index is 0.0490. The predicted molar refractivity (Wildman–Crippen MR) is 151 cm³/mol. The molecule has 3 atom stereocenters. The van der Waals surface area contributed by atoms with Crippen molar-refractivity contribution in [2.45, 2.75) is 11.5 Å². The molecule has 0 N–H and O–H groups in total. The second kappa shape index (κ2) is 8.32. The molecule has 3 aliphatic rings. The number of hydrogen-bond acceptors (Lipinski definition) is 4. The Bertz CT molecular complexity index is 1620. The number of likely N-dealkylation sites (N-methyl/N-ethyl adjacent to an activating group) is 2. The molecule has 0 aromatic heterocycles. The molecule has 0 unspecified atom stereocenters. The lowest BCUT2D eigenvalue weighted by Crippen LogP contribution is -2.64. The number of carbonyl (C=O) groups excluding carboxylic acids is 2. The molecule has 4 aromatic rings. The molecule has 2 spiro atoms. The maximum Gasteiger partial charge on any atom is 0.189 e. The molecule has 38 heavy (non-hydrogen) atoms. The van der Waals surface area contributed by atoms with Crippen LogP contribution in [0.15, 0.2) is 103 Å². The van der Waals surface area contributed by atoms with Gasteiger partial charge in [0.1, 0.15) is 5.54 Å². The van der Waals surface area contributed by atoms with Crippen LogP contribution in [0.25, 0.3) is 16.8 Å². The number of hydrogen-bond donors (Lipinski definition) is 0. The topological polar surface area (TPSA) is 40.6 Å². The molecule has 1 aliphatic carbocycles.